The van der Waals surface area contributed by atoms with Crippen LogP contribution in [0.4, 0.5) is 0 Å². The molecule has 0 N–H and O–H groups in total. The van der Waals surface area contributed by atoms with Gasteiger partial charge in [-0.1, -0.05) is 20.8 Å². The highest BCUT2D eigenvalue weighted by molar-refractivity contribution is 6.05. The molecule has 1 unspecified atom stereocenters. The maximum absolute atomic E-state index is 11.9. The zero-order valence-electron chi connectivity index (χ0n) is 10.8. The monoisotopic (exact) mass is 226 g/mol. The first-order chi connectivity index (χ1) is 7.32. The third kappa shape index (κ3) is 2.63. The van der Waals surface area contributed by atoms with Gasteiger partial charge < -0.3 is 4.74 Å². The quantitative estimate of drug-likeness (QED) is 0.549. The molecule has 0 heterocycles. The van der Waals surface area contributed by atoms with E-state index in [1.165, 1.54) is 7.11 Å². The number of carbonyl (C=O) groups excluding carboxylic acids is 2. The molecular weight excluding hydrogens is 204 g/mol. The summed E-state index contributed by atoms with van der Waals surface area (Å²) in [5, 5.41) is 0. The molecule has 3 nitrogen and oxygen atoms in total. The van der Waals surface area contributed by atoms with Crippen molar-refractivity contribution in [2.24, 2.45) is 10.8 Å². The number of hydrogen-bond acceptors (Lipinski definition) is 3. The van der Waals surface area contributed by atoms with Crippen molar-refractivity contribution in [2.45, 2.75) is 52.9 Å². The molecule has 16 heavy (non-hydrogen) atoms. The van der Waals surface area contributed by atoms with Crippen molar-refractivity contribution < 1.29 is 14.3 Å². The Morgan fingerprint density at radius 3 is 2.44 bits per heavy atom. The van der Waals surface area contributed by atoms with Crippen LogP contribution >= 0.6 is 0 Å². The Hall–Kier alpha value is -0.860. The minimum Gasteiger partial charge on any atom is -0.468 e. The van der Waals surface area contributed by atoms with Gasteiger partial charge in [-0.05, 0) is 31.1 Å². The van der Waals surface area contributed by atoms with Crippen molar-refractivity contribution in [3.05, 3.63) is 0 Å². The fourth-order valence-electron chi connectivity index (χ4n) is 2.30. The van der Waals surface area contributed by atoms with Gasteiger partial charge in [-0.15, -0.1) is 0 Å². The lowest BCUT2D eigenvalue weighted by molar-refractivity contribution is -0.157. The molecule has 0 aromatic rings. The first-order valence-electron chi connectivity index (χ1n) is 5.93. The second-order valence-corrected chi connectivity index (χ2v) is 5.91. The molecule has 0 amide bonds. The molecule has 0 saturated heterocycles. The van der Waals surface area contributed by atoms with Crippen LogP contribution in [0.2, 0.25) is 0 Å². The maximum atomic E-state index is 11.9. The molecule has 1 aliphatic rings. The molecule has 1 saturated carbocycles. The van der Waals surface area contributed by atoms with Gasteiger partial charge in [0.25, 0.3) is 0 Å². The van der Waals surface area contributed by atoms with E-state index in [4.69, 9.17) is 4.74 Å². The van der Waals surface area contributed by atoms with Gasteiger partial charge in [0.15, 0.2) is 0 Å². The number of methoxy groups -OCH3 is 1. The van der Waals surface area contributed by atoms with E-state index in [1.807, 2.05) is 0 Å². The largest absolute Gasteiger partial charge is 0.468 e. The Kier molecular flexibility index (Phi) is 3.76. The van der Waals surface area contributed by atoms with E-state index >= 15 is 0 Å². The number of Topliss-reactive ketones (excluding diaryl/α,β-unsaturated/α-hetero) is 1. The zero-order valence-corrected chi connectivity index (χ0v) is 10.8. The van der Waals surface area contributed by atoms with Gasteiger partial charge in [0.05, 0.1) is 7.11 Å². The number of ketones is 1. The zero-order chi connectivity index (χ0) is 12.4. The molecule has 1 fully saturated rings. The molecule has 1 aliphatic carbocycles. The molecule has 1 rings (SSSR count). The Morgan fingerprint density at radius 1 is 1.44 bits per heavy atom. The summed E-state index contributed by atoms with van der Waals surface area (Å²) in [5.41, 5.74) is -0.689. The summed E-state index contributed by atoms with van der Waals surface area (Å²) in [6.45, 7) is 6.37. The van der Waals surface area contributed by atoms with Crippen LogP contribution < -0.4 is 0 Å². The summed E-state index contributed by atoms with van der Waals surface area (Å²) in [6.07, 6.45) is 3.50. The molecule has 0 aromatic carbocycles. The average Bonchev–Trinajstić information content (AvgIpc) is 2.56. The van der Waals surface area contributed by atoms with Gasteiger partial charge in [-0.2, -0.15) is 0 Å². The molecule has 0 radical (unpaired) electrons. The number of rotatable bonds is 3. The normalized spacial score (nSPS) is 25.9. The first-order valence-corrected chi connectivity index (χ1v) is 5.93. The minimum absolute atomic E-state index is 0.0728. The number of carbonyl (C=O) groups is 2. The predicted molar refractivity (Wildman–Crippen MR) is 62.0 cm³/mol. The van der Waals surface area contributed by atoms with Gasteiger partial charge >= 0.3 is 5.97 Å². The highest BCUT2D eigenvalue weighted by atomic mass is 16.5. The molecule has 0 aromatic heterocycles. The van der Waals surface area contributed by atoms with E-state index in [9.17, 15) is 9.59 Å². The smallest absolute Gasteiger partial charge is 0.319 e. The summed E-state index contributed by atoms with van der Waals surface area (Å²) in [6, 6.07) is 0. The standard InChI is InChI=1S/C13H22O3/c1-12(2,3)8-9-13(11(15)16-4)7-5-6-10(13)14/h5-9H2,1-4H3. The highest BCUT2D eigenvalue weighted by Gasteiger charge is 2.49. The first kappa shape index (κ1) is 13.2. The van der Waals surface area contributed by atoms with Gasteiger partial charge in [0, 0.05) is 6.42 Å². The van der Waals surface area contributed by atoms with Crippen molar-refractivity contribution in [2.75, 3.05) is 7.11 Å². The topological polar surface area (TPSA) is 43.4 Å². The van der Waals surface area contributed by atoms with Crippen molar-refractivity contribution in [3.63, 3.8) is 0 Å². The summed E-state index contributed by atoms with van der Waals surface area (Å²) in [5.74, 6) is -0.261. The maximum Gasteiger partial charge on any atom is 0.319 e. The van der Waals surface area contributed by atoms with E-state index in [-0.39, 0.29) is 17.2 Å². The van der Waals surface area contributed by atoms with Gasteiger partial charge in [0.2, 0.25) is 0 Å². The van der Waals surface area contributed by atoms with Gasteiger partial charge in [0.1, 0.15) is 11.2 Å². The van der Waals surface area contributed by atoms with E-state index in [1.54, 1.807) is 0 Å². The Balaban J connectivity index is 2.81. The lowest BCUT2D eigenvalue weighted by Crippen LogP contribution is -2.37. The van der Waals surface area contributed by atoms with Crippen LogP contribution in [0.25, 0.3) is 0 Å². The second-order valence-electron chi connectivity index (χ2n) is 5.91. The van der Waals surface area contributed by atoms with E-state index in [2.05, 4.69) is 20.8 Å². The summed E-state index contributed by atoms with van der Waals surface area (Å²) in [7, 11) is 1.37. The molecule has 92 valence electrons. The minimum atomic E-state index is -0.831. The van der Waals surface area contributed by atoms with Crippen molar-refractivity contribution >= 4 is 11.8 Å². The third-order valence-corrected chi connectivity index (χ3v) is 3.42. The highest BCUT2D eigenvalue weighted by Crippen LogP contribution is 2.42. The van der Waals surface area contributed by atoms with Crippen molar-refractivity contribution in [3.8, 4) is 0 Å². The lowest BCUT2D eigenvalue weighted by Gasteiger charge is -2.28. The molecule has 0 spiro atoms. The summed E-state index contributed by atoms with van der Waals surface area (Å²) in [4.78, 5) is 23.7. The molecule has 0 bridgehead atoms. The van der Waals surface area contributed by atoms with Crippen LogP contribution in [0, 0.1) is 10.8 Å². The van der Waals surface area contributed by atoms with Crippen molar-refractivity contribution in [1.29, 1.82) is 0 Å². The molecular formula is C13H22O3. The number of esters is 1. The van der Waals surface area contributed by atoms with Crippen LogP contribution in [-0.4, -0.2) is 18.9 Å². The predicted octanol–water partition coefficient (Wildman–Crippen LogP) is 2.73. The molecule has 1 atom stereocenters. The van der Waals surface area contributed by atoms with Crippen LogP contribution in [0.15, 0.2) is 0 Å². The van der Waals surface area contributed by atoms with Gasteiger partial charge in [-0.3, -0.25) is 9.59 Å². The summed E-state index contributed by atoms with van der Waals surface area (Å²) < 4.78 is 4.81. The third-order valence-electron chi connectivity index (χ3n) is 3.42. The van der Waals surface area contributed by atoms with E-state index in [0.717, 1.165) is 12.8 Å². The van der Waals surface area contributed by atoms with Crippen LogP contribution in [0.1, 0.15) is 52.9 Å². The molecule has 3 heteroatoms. The van der Waals surface area contributed by atoms with E-state index < -0.39 is 5.41 Å². The molecule has 0 aliphatic heterocycles. The average molecular weight is 226 g/mol. The fraction of sp³-hybridized carbons (Fsp3) is 0.846. The lowest BCUT2D eigenvalue weighted by atomic mass is 9.76. The summed E-state index contributed by atoms with van der Waals surface area (Å²) >= 11 is 0. The Bertz CT molecular complexity index is 288. The van der Waals surface area contributed by atoms with Crippen molar-refractivity contribution in [1.82, 2.24) is 0 Å². The Labute approximate surface area is 97.5 Å². The number of hydrogen-bond donors (Lipinski definition) is 0. The van der Waals surface area contributed by atoms with Crippen LogP contribution in [0.5, 0.6) is 0 Å². The van der Waals surface area contributed by atoms with Crippen LogP contribution in [-0.2, 0) is 14.3 Å². The van der Waals surface area contributed by atoms with Gasteiger partial charge in [-0.25, -0.2) is 0 Å². The fourth-order valence-corrected chi connectivity index (χ4v) is 2.30. The number of ether oxygens (including phenoxy) is 1. The Morgan fingerprint density at radius 2 is 2.06 bits per heavy atom. The SMILES string of the molecule is COC(=O)C1(CCC(C)(C)C)CCCC1=O. The second kappa shape index (κ2) is 4.56. The van der Waals surface area contributed by atoms with Crippen LogP contribution in [0.3, 0.4) is 0 Å². The van der Waals surface area contributed by atoms with E-state index in [0.29, 0.717) is 19.3 Å².